The van der Waals surface area contributed by atoms with E-state index in [0.29, 0.717) is 15.8 Å². The molecule has 2 aliphatic heterocycles. The summed E-state index contributed by atoms with van der Waals surface area (Å²) >= 11 is 12.6. The van der Waals surface area contributed by atoms with Crippen LogP contribution in [-0.4, -0.2) is 60.6 Å². The molecule has 2 N–H and O–H groups in total. The summed E-state index contributed by atoms with van der Waals surface area (Å²) in [5.41, 5.74) is 0.970. The molecule has 2 aliphatic rings. The molecule has 1 aromatic carbocycles. The van der Waals surface area contributed by atoms with Crippen molar-refractivity contribution in [1.29, 1.82) is 0 Å². The lowest BCUT2D eigenvalue weighted by Gasteiger charge is -2.41. The van der Waals surface area contributed by atoms with Crippen LogP contribution in [0, 0.1) is 11.8 Å². The zero-order valence-electron chi connectivity index (χ0n) is 21.5. The number of benzene rings is 1. The summed E-state index contributed by atoms with van der Waals surface area (Å²) < 4.78 is 1.74. The first-order chi connectivity index (χ1) is 18.5. The molecule has 3 aromatic heterocycles. The van der Waals surface area contributed by atoms with E-state index in [1.165, 1.54) is 25.7 Å². The number of anilines is 2. The molecule has 0 saturated carbocycles. The lowest BCUT2D eigenvalue weighted by Crippen LogP contribution is -2.42. The number of rotatable bonds is 7. The maximum absolute atomic E-state index is 6.48. The number of halogens is 2. The number of likely N-dealkylation sites (tertiary alicyclic amines) is 1. The Hall–Kier alpha value is -2.88. The van der Waals surface area contributed by atoms with E-state index >= 15 is 0 Å². The van der Waals surface area contributed by atoms with Gasteiger partial charge in [-0.1, -0.05) is 29.3 Å². The highest BCUT2D eigenvalue weighted by molar-refractivity contribution is 6.35. The van der Waals surface area contributed by atoms with Crippen molar-refractivity contribution >= 4 is 40.6 Å². The zero-order chi connectivity index (χ0) is 26.1. The van der Waals surface area contributed by atoms with Crippen LogP contribution in [0.4, 0.5) is 11.6 Å². The summed E-state index contributed by atoms with van der Waals surface area (Å²) in [5.74, 6) is 4.91. The third-order valence-corrected chi connectivity index (χ3v) is 8.59. The Labute approximate surface area is 232 Å². The minimum Gasteiger partial charge on any atom is -0.363 e. The summed E-state index contributed by atoms with van der Waals surface area (Å²) in [6, 6.07) is 7.61. The minimum atomic E-state index is -0.0522. The molecule has 0 spiro atoms. The highest BCUT2D eigenvalue weighted by Crippen LogP contribution is 2.34. The quantitative estimate of drug-likeness (QED) is 0.314. The van der Waals surface area contributed by atoms with E-state index in [0.717, 1.165) is 67.6 Å². The molecular weight excluding hydrogens is 521 g/mol. The Bertz CT molecular complexity index is 1360. The first-order valence-electron chi connectivity index (χ1n) is 13.4. The molecule has 4 aromatic rings. The summed E-state index contributed by atoms with van der Waals surface area (Å²) in [5, 5.41) is 9.21. The lowest BCUT2D eigenvalue weighted by atomic mass is 9.79. The second-order valence-electron chi connectivity index (χ2n) is 10.5. The summed E-state index contributed by atoms with van der Waals surface area (Å²) in [6.07, 6.45) is 10.2. The molecule has 2 saturated heterocycles. The molecule has 5 heterocycles. The summed E-state index contributed by atoms with van der Waals surface area (Å²) in [7, 11) is 0. The fraction of sp³-hybridized carbons (Fsp3) is 0.481. The van der Waals surface area contributed by atoms with Gasteiger partial charge in [-0.05, 0) is 68.7 Å². The van der Waals surface area contributed by atoms with Gasteiger partial charge >= 0.3 is 0 Å². The highest BCUT2D eigenvalue weighted by atomic mass is 35.5. The number of H-pyrrole nitrogens is 1. The Balaban J connectivity index is 1.13. The van der Waals surface area contributed by atoms with Crippen molar-refractivity contribution in [3.63, 3.8) is 0 Å². The summed E-state index contributed by atoms with van der Waals surface area (Å²) in [4.78, 5) is 21.8. The molecule has 2 fully saturated rings. The van der Waals surface area contributed by atoms with Gasteiger partial charge in [-0.25, -0.2) is 4.98 Å². The van der Waals surface area contributed by atoms with E-state index in [4.69, 9.17) is 28.2 Å². The lowest BCUT2D eigenvalue weighted by molar-refractivity contribution is 0.114. The fourth-order valence-electron chi connectivity index (χ4n) is 6.03. The van der Waals surface area contributed by atoms with Crippen molar-refractivity contribution in [2.45, 2.75) is 45.2 Å². The standard InChI is InChI=1S/C27H33Cl2N9/c1-18(22-5-4-21(28)13-23(22)29)34-26-14-25(35-27-32-17-33-38(26)27)37-11-6-19(7-12-37)20-3-2-10-36(15-20)16-24-30-8-9-31-24/h4-5,8-9,13-14,17-20,34H,2-3,6-7,10-12,15-16H2,1H3,(H,30,31)/t18-,20+/m1/s1. The van der Waals surface area contributed by atoms with Crippen LogP contribution in [-0.2, 0) is 6.54 Å². The summed E-state index contributed by atoms with van der Waals surface area (Å²) in [6.45, 7) is 7.30. The number of hydrogen-bond donors (Lipinski definition) is 2. The number of hydrogen-bond acceptors (Lipinski definition) is 7. The molecule has 38 heavy (non-hydrogen) atoms. The van der Waals surface area contributed by atoms with Crippen molar-refractivity contribution in [3.05, 3.63) is 64.4 Å². The van der Waals surface area contributed by atoms with Crippen molar-refractivity contribution in [1.82, 2.24) is 34.4 Å². The van der Waals surface area contributed by atoms with Crippen LogP contribution in [0.3, 0.4) is 0 Å². The number of nitrogens with zero attached hydrogens (tertiary/aromatic N) is 7. The molecule has 0 unspecified atom stereocenters. The van der Waals surface area contributed by atoms with Gasteiger partial charge in [-0.3, -0.25) is 4.90 Å². The van der Waals surface area contributed by atoms with E-state index in [-0.39, 0.29) is 6.04 Å². The maximum atomic E-state index is 6.48. The second kappa shape index (κ2) is 11.1. The number of aromatic amines is 1. The molecule has 0 amide bonds. The van der Waals surface area contributed by atoms with Crippen LogP contribution >= 0.6 is 23.2 Å². The van der Waals surface area contributed by atoms with Crippen LogP contribution in [0.2, 0.25) is 10.0 Å². The van der Waals surface area contributed by atoms with Crippen LogP contribution in [0.25, 0.3) is 5.78 Å². The zero-order valence-corrected chi connectivity index (χ0v) is 23.0. The molecule has 0 radical (unpaired) electrons. The Morgan fingerprint density at radius 2 is 1.95 bits per heavy atom. The van der Waals surface area contributed by atoms with Crippen molar-refractivity contribution in [2.24, 2.45) is 11.8 Å². The molecule has 6 rings (SSSR count). The van der Waals surface area contributed by atoms with E-state index in [9.17, 15) is 0 Å². The maximum Gasteiger partial charge on any atom is 0.256 e. The number of piperidine rings is 2. The average Bonchev–Trinajstić information content (AvgIpc) is 3.61. The van der Waals surface area contributed by atoms with Gasteiger partial charge in [0.1, 0.15) is 23.8 Å². The smallest absolute Gasteiger partial charge is 0.256 e. The largest absolute Gasteiger partial charge is 0.363 e. The average molecular weight is 555 g/mol. The molecule has 11 heteroatoms. The monoisotopic (exact) mass is 553 g/mol. The van der Waals surface area contributed by atoms with E-state index < -0.39 is 0 Å². The molecule has 9 nitrogen and oxygen atoms in total. The van der Waals surface area contributed by atoms with E-state index in [2.05, 4.69) is 48.2 Å². The van der Waals surface area contributed by atoms with Gasteiger partial charge in [-0.15, -0.1) is 0 Å². The number of nitrogens with one attached hydrogen (secondary N) is 2. The van der Waals surface area contributed by atoms with Gasteiger partial charge in [0.25, 0.3) is 5.78 Å². The third-order valence-electron chi connectivity index (χ3n) is 8.03. The van der Waals surface area contributed by atoms with Gasteiger partial charge in [0, 0.05) is 48.1 Å². The number of imidazole rings is 1. The van der Waals surface area contributed by atoms with Crippen molar-refractivity contribution in [3.8, 4) is 0 Å². The minimum absolute atomic E-state index is 0.0522. The molecule has 200 valence electrons. The highest BCUT2D eigenvalue weighted by Gasteiger charge is 2.31. The Kier molecular flexibility index (Phi) is 7.41. The molecule has 0 aliphatic carbocycles. The van der Waals surface area contributed by atoms with Gasteiger partial charge in [0.2, 0.25) is 0 Å². The fourth-order valence-corrected chi connectivity index (χ4v) is 6.60. The third kappa shape index (κ3) is 5.46. The Morgan fingerprint density at radius 3 is 2.74 bits per heavy atom. The molecular formula is C27H33Cl2N9. The van der Waals surface area contributed by atoms with Gasteiger partial charge < -0.3 is 15.2 Å². The van der Waals surface area contributed by atoms with E-state index in [1.807, 2.05) is 24.5 Å². The predicted octanol–water partition coefficient (Wildman–Crippen LogP) is 5.46. The number of aromatic nitrogens is 6. The van der Waals surface area contributed by atoms with Crippen molar-refractivity contribution < 1.29 is 0 Å². The van der Waals surface area contributed by atoms with Crippen LogP contribution in [0.15, 0.2) is 43.0 Å². The predicted molar refractivity (Wildman–Crippen MR) is 151 cm³/mol. The van der Waals surface area contributed by atoms with Crippen LogP contribution in [0.5, 0.6) is 0 Å². The number of fused-ring (bicyclic) bond motifs is 1. The molecule has 0 bridgehead atoms. The normalized spacial score (nSPS) is 20.2. The van der Waals surface area contributed by atoms with Crippen LogP contribution in [0.1, 0.15) is 50.0 Å². The Morgan fingerprint density at radius 1 is 1.08 bits per heavy atom. The topological polar surface area (TPSA) is 90.3 Å². The van der Waals surface area contributed by atoms with Crippen LogP contribution < -0.4 is 10.2 Å². The van der Waals surface area contributed by atoms with Gasteiger partial charge in [0.15, 0.2) is 0 Å². The SMILES string of the molecule is C[C@@H](Nc1cc(N2CCC([C@H]3CCCN(Cc4ncc[nH]4)C3)CC2)nc2ncnn12)c1ccc(Cl)cc1Cl. The first kappa shape index (κ1) is 25.4. The molecule has 2 atom stereocenters. The van der Waals surface area contributed by atoms with E-state index in [1.54, 1.807) is 16.9 Å². The van der Waals surface area contributed by atoms with Gasteiger partial charge in [0.05, 0.1) is 12.6 Å². The van der Waals surface area contributed by atoms with Crippen molar-refractivity contribution in [2.75, 3.05) is 36.4 Å². The first-order valence-corrected chi connectivity index (χ1v) is 14.2. The van der Waals surface area contributed by atoms with Gasteiger partial charge in [-0.2, -0.15) is 19.6 Å². The second-order valence-corrected chi connectivity index (χ2v) is 11.3.